The highest BCUT2D eigenvalue weighted by Crippen LogP contribution is 2.06. The predicted molar refractivity (Wildman–Crippen MR) is 94.4 cm³/mol. The SMILES string of the molecule is CCn1c(=O)c(C(=O)NCc2ccco2)nn(-c2cccc(C)c2)c1=O. The lowest BCUT2D eigenvalue weighted by molar-refractivity contribution is 0.0938. The molecule has 0 saturated carbocycles. The van der Waals surface area contributed by atoms with Gasteiger partial charge in [0.1, 0.15) is 5.76 Å². The second kappa shape index (κ2) is 7.22. The molecular weight excluding hydrogens is 336 g/mol. The molecule has 0 bridgehead atoms. The van der Waals surface area contributed by atoms with Crippen LogP contribution in [-0.4, -0.2) is 20.3 Å². The summed E-state index contributed by atoms with van der Waals surface area (Å²) in [7, 11) is 0. The fraction of sp³-hybridized carbons (Fsp3) is 0.222. The van der Waals surface area contributed by atoms with E-state index in [2.05, 4.69) is 10.4 Å². The number of aromatic nitrogens is 3. The number of carbonyl (C=O) groups excluding carboxylic acids is 1. The van der Waals surface area contributed by atoms with E-state index < -0.39 is 17.2 Å². The molecule has 0 aliphatic carbocycles. The Morgan fingerprint density at radius 1 is 1.23 bits per heavy atom. The highest BCUT2D eigenvalue weighted by Gasteiger charge is 2.19. The molecule has 0 saturated heterocycles. The first-order valence-corrected chi connectivity index (χ1v) is 8.13. The van der Waals surface area contributed by atoms with Crippen molar-refractivity contribution in [1.82, 2.24) is 19.7 Å². The zero-order valence-corrected chi connectivity index (χ0v) is 14.4. The number of rotatable bonds is 5. The van der Waals surface area contributed by atoms with Crippen molar-refractivity contribution in [3.05, 3.63) is 80.5 Å². The van der Waals surface area contributed by atoms with E-state index in [1.165, 1.54) is 6.26 Å². The normalized spacial score (nSPS) is 10.7. The summed E-state index contributed by atoms with van der Waals surface area (Å²) in [5.74, 6) is -0.129. The molecule has 0 radical (unpaired) electrons. The molecule has 8 heteroatoms. The van der Waals surface area contributed by atoms with Crippen LogP contribution >= 0.6 is 0 Å². The number of amides is 1. The number of nitrogens with zero attached hydrogens (tertiary/aromatic N) is 3. The first kappa shape index (κ1) is 17.4. The number of furan rings is 1. The van der Waals surface area contributed by atoms with E-state index in [4.69, 9.17) is 4.42 Å². The van der Waals surface area contributed by atoms with Gasteiger partial charge in [0.25, 0.3) is 11.5 Å². The van der Waals surface area contributed by atoms with Gasteiger partial charge in [0.05, 0.1) is 18.5 Å². The van der Waals surface area contributed by atoms with Gasteiger partial charge in [0, 0.05) is 6.54 Å². The van der Waals surface area contributed by atoms with Gasteiger partial charge in [0.2, 0.25) is 5.69 Å². The van der Waals surface area contributed by atoms with Crippen LogP contribution in [0.5, 0.6) is 0 Å². The third-order valence-corrected chi connectivity index (χ3v) is 3.84. The van der Waals surface area contributed by atoms with Crippen LogP contribution in [0.1, 0.15) is 28.7 Å². The van der Waals surface area contributed by atoms with Gasteiger partial charge in [-0.05, 0) is 43.7 Å². The third-order valence-electron chi connectivity index (χ3n) is 3.84. The maximum atomic E-state index is 12.6. The van der Waals surface area contributed by atoms with Crippen molar-refractivity contribution in [2.45, 2.75) is 26.9 Å². The van der Waals surface area contributed by atoms with Crippen LogP contribution in [0.15, 0.2) is 56.7 Å². The van der Waals surface area contributed by atoms with Crippen LogP contribution in [0.2, 0.25) is 0 Å². The van der Waals surface area contributed by atoms with Crippen molar-refractivity contribution >= 4 is 5.91 Å². The number of benzene rings is 1. The van der Waals surface area contributed by atoms with Gasteiger partial charge in [-0.2, -0.15) is 9.78 Å². The Hall–Kier alpha value is -3.42. The van der Waals surface area contributed by atoms with Gasteiger partial charge >= 0.3 is 5.69 Å². The molecule has 3 rings (SSSR count). The van der Waals surface area contributed by atoms with Crippen molar-refractivity contribution in [1.29, 1.82) is 0 Å². The Bertz CT molecular complexity index is 1050. The number of hydrogen-bond donors (Lipinski definition) is 1. The predicted octanol–water partition coefficient (Wildman–Crippen LogP) is 1.25. The average molecular weight is 354 g/mol. The van der Waals surface area contributed by atoms with Crippen molar-refractivity contribution in [2.24, 2.45) is 0 Å². The summed E-state index contributed by atoms with van der Waals surface area (Å²) < 4.78 is 7.20. The zero-order valence-electron chi connectivity index (χ0n) is 14.4. The summed E-state index contributed by atoms with van der Waals surface area (Å²) in [5.41, 5.74) is -0.255. The molecule has 0 aliphatic heterocycles. The fourth-order valence-corrected chi connectivity index (χ4v) is 2.53. The molecule has 134 valence electrons. The Balaban J connectivity index is 2.04. The van der Waals surface area contributed by atoms with Crippen LogP contribution in [0, 0.1) is 6.92 Å². The lowest BCUT2D eigenvalue weighted by atomic mass is 10.2. The number of carbonyl (C=O) groups is 1. The van der Waals surface area contributed by atoms with Crippen LogP contribution in [-0.2, 0) is 13.1 Å². The highest BCUT2D eigenvalue weighted by atomic mass is 16.3. The Morgan fingerprint density at radius 2 is 2.04 bits per heavy atom. The van der Waals surface area contributed by atoms with Crippen molar-refractivity contribution in [3.63, 3.8) is 0 Å². The van der Waals surface area contributed by atoms with Crippen molar-refractivity contribution in [3.8, 4) is 5.69 Å². The molecule has 3 aromatic rings. The summed E-state index contributed by atoms with van der Waals surface area (Å²) in [6, 6.07) is 10.5. The molecule has 8 nitrogen and oxygen atoms in total. The van der Waals surface area contributed by atoms with Gasteiger partial charge in [-0.25, -0.2) is 4.79 Å². The summed E-state index contributed by atoms with van der Waals surface area (Å²) in [6.07, 6.45) is 1.49. The molecule has 26 heavy (non-hydrogen) atoms. The monoisotopic (exact) mass is 354 g/mol. The Kier molecular flexibility index (Phi) is 4.83. The minimum absolute atomic E-state index is 0.114. The van der Waals surface area contributed by atoms with Crippen LogP contribution in [0.3, 0.4) is 0 Å². The average Bonchev–Trinajstić information content (AvgIpc) is 3.14. The van der Waals surface area contributed by atoms with E-state index in [-0.39, 0.29) is 18.8 Å². The molecule has 1 amide bonds. The standard InChI is InChI=1S/C18H18N4O4/c1-3-21-17(24)15(16(23)19-11-14-8-5-9-26-14)20-22(18(21)25)13-7-4-6-12(2)10-13/h4-10H,3,11H2,1-2H3,(H,19,23). The van der Waals surface area contributed by atoms with E-state index in [1.807, 2.05) is 13.0 Å². The first-order valence-electron chi connectivity index (χ1n) is 8.13. The molecule has 0 aliphatic rings. The molecule has 1 N–H and O–H groups in total. The van der Waals surface area contributed by atoms with Crippen molar-refractivity contribution < 1.29 is 9.21 Å². The van der Waals surface area contributed by atoms with Gasteiger partial charge in [-0.1, -0.05) is 12.1 Å². The van der Waals surface area contributed by atoms with Crippen LogP contribution in [0.4, 0.5) is 0 Å². The van der Waals surface area contributed by atoms with Gasteiger partial charge in [-0.15, -0.1) is 0 Å². The molecule has 2 heterocycles. The second-order valence-corrected chi connectivity index (χ2v) is 5.69. The van der Waals surface area contributed by atoms with E-state index >= 15 is 0 Å². The highest BCUT2D eigenvalue weighted by molar-refractivity contribution is 5.91. The minimum atomic E-state index is -0.724. The smallest absolute Gasteiger partial charge is 0.352 e. The van der Waals surface area contributed by atoms with E-state index in [0.29, 0.717) is 11.4 Å². The van der Waals surface area contributed by atoms with Crippen LogP contribution in [0.25, 0.3) is 5.69 Å². The zero-order chi connectivity index (χ0) is 18.7. The molecule has 0 spiro atoms. The number of aryl methyl sites for hydroxylation is 1. The summed E-state index contributed by atoms with van der Waals surface area (Å²) >= 11 is 0. The Morgan fingerprint density at radius 3 is 2.69 bits per heavy atom. The first-order chi connectivity index (χ1) is 12.5. The number of hydrogen-bond acceptors (Lipinski definition) is 5. The maximum absolute atomic E-state index is 12.6. The molecule has 0 atom stereocenters. The topological polar surface area (TPSA) is 99.1 Å². The molecule has 0 fully saturated rings. The maximum Gasteiger partial charge on any atom is 0.352 e. The second-order valence-electron chi connectivity index (χ2n) is 5.69. The third kappa shape index (κ3) is 3.34. The van der Waals surface area contributed by atoms with E-state index in [9.17, 15) is 14.4 Å². The molecule has 2 aromatic heterocycles. The van der Waals surface area contributed by atoms with Gasteiger partial charge in [-0.3, -0.25) is 14.2 Å². The quantitative estimate of drug-likeness (QED) is 0.743. The summed E-state index contributed by atoms with van der Waals surface area (Å²) in [6.45, 7) is 3.78. The molecular formula is C18H18N4O4. The van der Waals surface area contributed by atoms with E-state index in [0.717, 1.165) is 14.8 Å². The lowest BCUT2D eigenvalue weighted by Gasteiger charge is -2.11. The number of nitrogens with one attached hydrogen (secondary N) is 1. The Labute approximate surface area is 148 Å². The van der Waals surface area contributed by atoms with Gasteiger partial charge < -0.3 is 9.73 Å². The minimum Gasteiger partial charge on any atom is -0.467 e. The lowest BCUT2D eigenvalue weighted by Crippen LogP contribution is -2.45. The fourth-order valence-electron chi connectivity index (χ4n) is 2.53. The summed E-state index contributed by atoms with van der Waals surface area (Å²) in [4.78, 5) is 37.5. The largest absolute Gasteiger partial charge is 0.467 e. The van der Waals surface area contributed by atoms with Crippen molar-refractivity contribution in [2.75, 3.05) is 0 Å². The molecule has 0 unspecified atom stereocenters. The van der Waals surface area contributed by atoms with E-state index in [1.54, 1.807) is 37.3 Å². The van der Waals surface area contributed by atoms with Crippen LogP contribution < -0.4 is 16.6 Å². The molecule has 1 aromatic carbocycles. The summed E-state index contributed by atoms with van der Waals surface area (Å²) in [5, 5.41) is 6.60. The van der Waals surface area contributed by atoms with Gasteiger partial charge in [0.15, 0.2) is 0 Å².